The molecule has 1 aliphatic rings. The van der Waals surface area contributed by atoms with Crippen LogP contribution in [0.25, 0.3) is 0 Å². The molecule has 0 amide bonds. The van der Waals surface area contributed by atoms with Crippen LogP contribution in [-0.4, -0.2) is 54.2 Å². The van der Waals surface area contributed by atoms with Gasteiger partial charge in [-0.1, -0.05) is 30.3 Å². The van der Waals surface area contributed by atoms with Crippen molar-refractivity contribution in [3.05, 3.63) is 35.9 Å². The summed E-state index contributed by atoms with van der Waals surface area (Å²) in [5.41, 5.74) is 1.26. The summed E-state index contributed by atoms with van der Waals surface area (Å²) in [5, 5.41) is 9.18. The van der Waals surface area contributed by atoms with Crippen LogP contribution in [0.3, 0.4) is 0 Å². The molecule has 1 fully saturated rings. The number of ether oxygens (including phenoxy) is 1. The van der Waals surface area contributed by atoms with E-state index in [9.17, 15) is 9.90 Å². The highest BCUT2D eigenvalue weighted by atomic mass is 16.5. The van der Waals surface area contributed by atoms with Gasteiger partial charge in [-0.25, -0.2) is 0 Å². The van der Waals surface area contributed by atoms with E-state index in [0.717, 1.165) is 19.3 Å². The van der Waals surface area contributed by atoms with Crippen molar-refractivity contribution in [3.63, 3.8) is 0 Å². The molecule has 1 aliphatic heterocycles. The van der Waals surface area contributed by atoms with E-state index in [-0.39, 0.29) is 24.8 Å². The number of benzene rings is 1. The van der Waals surface area contributed by atoms with Crippen LogP contribution in [0.2, 0.25) is 0 Å². The van der Waals surface area contributed by atoms with Crippen molar-refractivity contribution in [2.45, 2.75) is 38.0 Å². The predicted molar refractivity (Wildman–Crippen MR) is 77.6 cm³/mol. The van der Waals surface area contributed by atoms with Crippen LogP contribution < -0.4 is 0 Å². The molecule has 1 heterocycles. The quantitative estimate of drug-likeness (QED) is 0.796. The fraction of sp³-hybridized carbons (Fsp3) is 0.562. The van der Waals surface area contributed by atoms with Crippen LogP contribution >= 0.6 is 0 Å². The summed E-state index contributed by atoms with van der Waals surface area (Å²) in [6.07, 6.45) is 2.43. The minimum Gasteiger partial charge on any atom is -0.396 e. The van der Waals surface area contributed by atoms with Gasteiger partial charge in [0.2, 0.25) is 0 Å². The minimum absolute atomic E-state index is 0.0850. The van der Waals surface area contributed by atoms with Crippen LogP contribution in [0, 0.1) is 0 Å². The molecule has 1 aromatic carbocycles. The highest BCUT2D eigenvalue weighted by Crippen LogP contribution is 2.20. The van der Waals surface area contributed by atoms with Gasteiger partial charge in [-0.3, -0.25) is 4.90 Å². The SMILES string of the molecule is CC1OCC(CCO)N(CCc2ccccc2)C1C=O. The van der Waals surface area contributed by atoms with E-state index >= 15 is 0 Å². The molecule has 1 aromatic rings. The number of aliphatic hydroxyl groups is 1. The first-order valence-corrected chi connectivity index (χ1v) is 7.23. The van der Waals surface area contributed by atoms with Gasteiger partial charge in [0.15, 0.2) is 0 Å². The van der Waals surface area contributed by atoms with Crippen molar-refractivity contribution in [1.29, 1.82) is 0 Å². The third-order valence-electron chi connectivity index (χ3n) is 3.99. The molecule has 3 unspecified atom stereocenters. The number of nitrogens with zero attached hydrogens (tertiary/aromatic N) is 1. The average molecular weight is 277 g/mol. The van der Waals surface area contributed by atoms with Crippen molar-refractivity contribution in [2.75, 3.05) is 19.8 Å². The zero-order chi connectivity index (χ0) is 14.4. The first kappa shape index (κ1) is 15.2. The molecule has 3 atom stereocenters. The Hall–Kier alpha value is -1.23. The van der Waals surface area contributed by atoms with Gasteiger partial charge in [0.1, 0.15) is 6.29 Å². The van der Waals surface area contributed by atoms with E-state index in [1.165, 1.54) is 5.56 Å². The first-order valence-electron chi connectivity index (χ1n) is 7.23. The second-order valence-electron chi connectivity index (χ2n) is 5.30. The van der Waals surface area contributed by atoms with Crippen molar-refractivity contribution in [3.8, 4) is 0 Å². The Kier molecular flexibility index (Phi) is 5.71. The van der Waals surface area contributed by atoms with Crippen LogP contribution in [-0.2, 0) is 16.0 Å². The van der Waals surface area contributed by atoms with E-state index in [2.05, 4.69) is 17.0 Å². The molecule has 4 nitrogen and oxygen atoms in total. The summed E-state index contributed by atoms with van der Waals surface area (Å²) in [6.45, 7) is 3.45. The Bertz CT molecular complexity index is 409. The molecule has 0 aromatic heterocycles. The summed E-state index contributed by atoms with van der Waals surface area (Å²) in [4.78, 5) is 13.5. The zero-order valence-corrected chi connectivity index (χ0v) is 11.9. The summed E-state index contributed by atoms with van der Waals surface area (Å²) in [5.74, 6) is 0. The Morgan fingerprint density at radius 3 is 2.80 bits per heavy atom. The summed E-state index contributed by atoms with van der Waals surface area (Å²) < 4.78 is 5.64. The topological polar surface area (TPSA) is 49.8 Å². The van der Waals surface area contributed by atoms with Gasteiger partial charge in [-0.2, -0.15) is 0 Å². The zero-order valence-electron chi connectivity index (χ0n) is 11.9. The number of hydrogen-bond donors (Lipinski definition) is 1. The maximum absolute atomic E-state index is 11.4. The van der Waals surface area contributed by atoms with Crippen molar-refractivity contribution < 1.29 is 14.6 Å². The molecular formula is C16H23NO3. The Morgan fingerprint density at radius 1 is 1.40 bits per heavy atom. The van der Waals surface area contributed by atoms with Crippen LogP contribution in [0.4, 0.5) is 0 Å². The molecular weight excluding hydrogens is 254 g/mol. The van der Waals surface area contributed by atoms with E-state index in [0.29, 0.717) is 13.0 Å². The molecule has 4 heteroatoms. The molecule has 0 radical (unpaired) electrons. The lowest BCUT2D eigenvalue weighted by atomic mass is 10.0. The van der Waals surface area contributed by atoms with E-state index in [4.69, 9.17) is 4.74 Å². The van der Waals surface area contributed by atoms with Gasteiger partial charge in [0, 0.05) is 19.2 Å². The molecule has 0 saturated carbocycles. The van der Waals surface area contributed by atoms with Crippen molar-refractivity contribution in [1.82, 2.24) is 4.90 Å². The fourth-order valence-electron chi connectivity index (χ4n) is 2.79. The minimum atomic E-state index is -0.219. The molecule has 110 valence electrons. The summed E-state index contributed by atoms with van der Waals surface area (Å²) in [7, 11) is 0. The third kappa shape index (κ3) is 3.66. The van der Waals surface area contributed by atoms with E-state index in [1.807, 2.05) is 25.1 Å². The predicted octanol–water partition coefficient (Wildman–Crippen LogP) is 1.27. The molecule has 0 bridgehead atoms. The lowest BCUT2D eigenvalue weighted by molar-refractivity contribution is -0.133. The normalized spacial score (nSPS) is 27.4. The monoisotopic (exact) mass is 277 g/mol. The number of carbonyl (C=O) groups is 1. The Balaban J connectivity index is 2.03. The van der Waals surface area contributed by atoms with E-state index in [1.54, 1.807) is 0 Å². The highest BCUT2D eigenvalue weighted by Gasteiger charge is 2.35. The smallest absolute Gasteiger partial charge is 0.139 e. The van der Waals surface area contributed by atoms with Gasteiger partial charge in [0.25, 0.3) is 0 Å². The van der Waals surface area contributed by atoms with Crippen molar-refractivity contribution >= 4 is 6.29 Å². The average Bonchev–Trinajstić information content (AvgIpc) is 2.48. The standard InChI is InChI=1S/C16H23NO3/c1-13-16(11-19)17(15(8-10-18)12-20-13)9-7-14-5-3-2-4-6-14/h2-6,11,13,15-16,18H,7-10,12H2,1H3. The van der Waals surface area contributed by atoms with Gasteiger partial charge in [0.05, 0.1) is 18.8 Å². The largest absolute Gasteiger partial charge is 0.396 e. The van der Waals surface area contributed by atoms with E-state index < -0.39 is 0 Å². The summed E-state index contributed by atoms with van der Waals surface area (Å²) in [6, 6.07) is 10.2. The lowest BCUT2D eigenvalue weighted by Crippen LogP contribution is -2.57. The van der Waals surface area contributed by atoms with Crippen LogP contribution in [0.15, 0.2) is 30.3 Å². The Labute approximate surface area is 120 Å². The van der Waals surface area contributed by atoms with Gasteiger partial charge in [-0.05, 0) is 25.3 Å². The maximum atomic E-state index is 11.4. The highest BCUT2D eigenvalue weighted by molar-refractivity contribution is 5.59. The number of aliphatic hydroxyl groups excluding tert-OH is 1. The van der Waals surface area contributed by atoms with Crippen molar-refractivity contribution in [2.24, 2.45) is 0 Å². The van der Waals surface area contributed by atoms with Crippen LogP contribution in [0.5, 0.6) is 0 Å². The molecule has 0 aliphatic carbocycles. The number of rotatable bonds is 6. The lowest BCUT2D eigenvalue weighted by Gasteiger charge is -2.43. The van der Waals surface area contributed by atoms with Gasteiger partial charge in [-0.15, -0.1) is 0 Å². The number of aldehydes is 1. The Morgan fingerprint density at radius 2 is 2.15 bits per heavy atom. The van der Waals surface area contributed by atoms with Gasteiger partial charge >= 0.3 is 0 Å². The molecule has 1 N–H and O–H groups in total. The number of morpholine rings is 1. The fourth-order valence-corrected chi connectivity index (χ4v) is 2.79. The third-order valence-corrected chi connectivity index (χ3v) is 3.99. The number of carbonyl (C=O) groups excluding carboxylic acids is 1. The molecule has 20 heavy (non-hydrogen) atoms. The molecule has 2 rings (SSSR count). The maximum Gasteiger partial charge on any atom is 0.139 e. The second-order valence-corrected chi connectivity index (χ2v) is 5.30. The molecule has 0 spiro atoms. The number of hydrogen-bond acceptors (Lipinski definition) is 4. The molecule has 1 saturated heterocycles. The van der Waals surface area contributed by atoms with Gasteiger partial charge < -0.3 is 14.6 Å². The van der Waals surface area contributed by atoms with Crippen LogP contribution in [0.1, 0.15) is 18.9 Å². The first-order chi connectivity index (χ1) is 9.76. The summed E-state index contributed by atoms with van der Waals surface area (Å²) >= 11 is 0. The second kappa shape index (κ2) is 7.53.